The molecule has 2 rings (SSSR count). The lowest BCUT2D eigenvalue weighted by Gasteiger charge is -1.96. The van der Waals surface area contributed by atoms with Gasteiger partial charge in [-0.1, -0.05) is 0 Å². The van der Waals surface area contributed by atoms with Gasteiger partial charge in [0.2, 0.25) is 6.79 Å². The average Bonchev–Trinajstić information content (AvgIpc) is 2.49. The summed E-state index contributed by atoms with van der Waals surface area (Å²) in [5.41, 5.74) is 0.208. The van der Waals surface area contributed by atoms with E-state index in [1.807, 2.05) is 0 Å². The molecule has 1 aliphatic rings. The smallest absolute Gasteiger partial charge is 0.335 e. The molecule has 0 unspecified atom stereocenters. The molecule has 0 amide bonds. The van der Waals surface area contributed by atoms with Crippen molar-refractivity contribution in [2.45, 2.75) is 0 Å². The summed E-state index contributed by atoms with van der Waals surface area (Å²) in [6, 6.07) is 4.52. The zero-order valence-corrected chi connectivity index (χ0v) is 7.34. The third-order valence-electron chi connectivity index (χ3n) is 1.62. The van der Waals surface area contributed by atoms with Crippen molar-refractivity contribution in [3.8, 4) is 11.5 Å². The van der Waals surface area contributed by atoms with Crippen molar-refractivity contribution in [3.05, 3.63) is 23.8 Å². The first-order valence-corrected chi connectivity index (χ1v) is 3.40. The van der Waals surface area contributed by atoms with Gasteiger partial charge in [-0.15, -0.1) is 12.4 Å². The average molecular weight is 203 g/mol. The van der Waals surface area contributed by atoms with Crippen LogP contribution in [0.4, 0.5) is 0 Å². The highest BCUT2D eigenvalue weighted by Gasteiger charge is 2.15. The second-order valence-electron chi connectivity index (χ2n) is 2.37. The molecule has 13 heavy (non-hydrogen) atoms. The lowest BCUT2D eigenvalue weighted by molar-refractivity contribution is 0.0696. The molecule has 0 saturated heterocycles. The first kappa shape index (κ1) is 9.67. The third-order valence-corrected chi connectivity index (χ3v) is 1.62. The number of fused-ring (bicyclic) bond motifs is 1. The van der Waals surface area contributed by atoms with Crippen LogP contribution in [-0.2, 0) is 0 Å². The molecule has 0 aromatic heterocycles. The van der Waals surface area contributed by atoms with E-state index in [0.717, 1.165) is 0 Å². The van der Waals surface area contributed by atoms with Crippen LogP contribution in [0.3, 0.4) is 0 Å². The number of hydrogen-bond donors (Lipinski definition) is 1. The minimum absolute atomic E-state index is 0. The van der Waals surface area contributed by atoms with E-state index >= 15 is 0 Å². The summed E-state index contributed by atoms with van der Waals surface area (Å²) >= 11 is 0. The van der Waals surface area contributed by atoms with Crippen LogP contribution in [0.25, 0.3) is 0 Å². The van der Waals surface area contributed by atoms with Crippen molar-refractivity contribution in [2.24, 2.45) is 0 Å². The van der Waals surface area contributed by atoms with Crippen LogP contribution < -0.4 is 9.47 Å². The summed E-state index contributed by atoms with van der Waals surface area (Å²) in [6.07, 6.45) is 0. The van der Waals surface area contributed by atoms with E-state index in [-0.39, 0.29) is 24.8 Å². The Kier molecular flexibility index (Phi) is 2.63. The molecular formula is C8H7ClO4. The predicted molar refractivity (Wildman–Crippen MR) is 46.8 cm³/mol. The van der Waals surface area contributed by atoms with Gasteiger partial charge in [-0.05, 0) is 18.2 Å². The predicted octanol–water partition coefficient (Wildman–Crippen LogP) is 1.54. The molecule has 5 heteroatoms. The number of hydrogen-bond acceptors (Lipinski definition) is 3. The molecule has 70 valence electrons. The summed E-state index contributed by atoms with van der Waals surface area (Å²) in [5, 5.41) is 8.62. The van der Waals surface area contributed by atoms with Crippen LogP contribution in [0.1, 0.15) is 10.4 Å². The number of carboxylic acid groups (broad SMARTS) is 1. The molecule has 0 aliphatic carbocycles. The van der Waals surface area contributed by atoms with Crippen LogP contribution in [0.5, 0.6) is 11.5 Å². The van der Waals surface area contributed by atoms with E-state index in [0.29, 0.717) is 11.5 Å². The fraction of sp³-hybridized carbons (Fsp3) is 0.125. The van der Waals surface area contributed by atoms with Gasteiger partial charge in [0, 0.05) is 0 Å². The summed E-state index contributed by atoms with van der Waals surface area (Å²) in [5.74, 6) is 0.128. The van der Waals surface area contributed by atoms with E-state index in [1.165, 1.54) is 12.1 Å². The van der Waals surface area contributed by atoms with E-state index in [1.54, 1.807) is 6.07 Å². The van der Waals surface area contributed by atoms with Crippen LogP contribution in [-0.4, -0.2) is 17.9 Å². The molecule has 0 radical (unpaired) electrons. The number of rotatable bonds is 1. The molecule has 4 nitrogen and oxygen atoms in total. The van der Waals surface area contributed by atoms with Gasteiger partial charge in [-0.2, -0.15) is 0 Å². The zero-order valence-electron chi connectivity index (χ0n) is 6.52. The minimum Gasteiger partial charge on any atom is -0.478 e. The highest BCUT2D eigenvalue weighted by atomic mass is 35.5. The Bertz CT molecular complexity index is 337. The lowest BCUT2D eigenvalue weighted by atomic mass is 10.2. The standard InChI is InChI=1S/C8H6O4.ClH/c9-8(10)5-1-2-6-7(3-5)12-4-11-6;/h1-3H,4H2,(H,9,10);1H. The van der Waals surface area contributed by atoms with Gasteiger partial charge in [0.15, 0.2) is 11.5 Å². The summed E-state index contributed by atoms with van der Waals surface area (Å²) in [6.45, 7) is 0.165. The number of carbonyl (C=O) groups is 1. The Hall–Kier alpha value is -1.42. The van der Waals surface area contributed by atoms with Crippen molar-refractivity contribution >= 4 is 18.4 Å². The van der Waals surface area contributed by atoms with Crippen LogP contribution in [0.2, 0.25) is 0 Å². The number of halogens is 1. The minimum atomic E-state index is -0.965. The number of benzene rings is 1. The Morgan fingerprint density at radius 2 is 2.00 bits per heavy atom. The maximum absolute atomic E-state index is 10.5. The summed E-state index contributed by atoms with van der Waals surface area (Å²) < 4.78 is 10.0. The maximum Gasteiger partial charge on any atom is 0.335 e. The second-order valence-corrected chi connectivity index (χ2v) is 2.37. The van der Waals surface area contributed by atoms with E-state index < -0.39 is 5.97 Å². The monoisotopic (exact) mass is 202 g/mol. The molecule has 0 fully saturated rings. The maximum atomic E-state index is 10.5. The molecule has 1 aromatic carbocycles. The molecule has 1 aliphatic heterocycles. The third kappa shape index (κ3) is 1.67. The van der Waals surface area contributed by atoms with Crippen molar-refractivity contribution in [1.82, 2.24) is 0 Å². The Labute approximate surface area is 80.5 Å². The van der Waals surface area contributed by atoms with Crippen LogP contribution in [0.15, 0.2) is 18.2 Å². The van der Waals surface area contributed by atoms with Crippen molar-refractivity contribution in [1.29, 1.82) is 0 Å². The SMILES string of the molecule is Cl.O=C(O)c1ccc2c(c1)OCO2. The van der Waals surface area contributed by atoms with Crippen molar-refractivity contribution < 1.29 is 19.4 Å². The molecule has 0 bridgehead atoms. The van der Waals surface area contributed by atoms with Crippen molar-refractivity contribution in [3.63, 3.8) is 0 Å². The van der Waals surface area contributed by atoms with E-state index in [2.05, 4.69) is 0 Å². The molecule has 1 heterocycles. The fourth-order valence-corrected chi connectivity index (χ4v) is 1.03. The van der Waals surface area contributed by atoms with Crippen LogP contribution >= 0.6 is 12.4 Å². The Morgan fingerprint density at radius 1 is 1.31 bits per heavy atom. The normalized spacial score (nSPS) is 12.0. The molecule has 0 spiro atoms. The highest BCUT2D eigenvalue weighted by molar-refractivity contribution is 5.88. The van der Waals surface area contributed by atoms with Gasteiger partial charge >= 0.3 is 5.97 Å². The zero-order chi connectivity index (χ0) is 8.55. The molecule has 0 saturated carbocycles. The number of carboxylic acids is 1. The quantitative estimate of drug-likeness (QED) is 0.751. The van der Waals surface area contributed by atoms with Gasteiger partial charge in [-0.3, -0.25) is 0 Å². The van der Waals surface area contributed by atoms with Gasteiger partial charge < -0.3 is 14.6 Å². The second kappa shape index (κ2) is 3.53. The first-order chi connectivity index (χ1) is 5.77. The van der Waals surface area contributed by atoms with Gasteiger partial charge in [0.25, 0.3) is 0 Å². The molecular weight excluding hydrogens is 196 g/mol. The van der Waals surface area contributed by atoms with E-state index in [9.17, 15) is 4.79 Å². The summed E-state index contributed by atoms with van der Waals surface area (Å²) in [4.78, 5) is 10.5. The first-order valence-electron chi connectivity index (χ1n) is 3.40. The summed E-state index contributed by atoms with van der Waals surface area (Å²) in [7, 11) is 0. The fourth-order valence-electron chi connectivity index (χ4n) is 1.03. The van der Waals surface area contributed by atoms with Crippen LogP contribution in [0, 0.1) is 0 Å². The Balaban J connectivity index is 0.000000845. The molecule has 1 N–H and O–H groups in total. The Morgan fingerprint density at radius 3 is 2.69 bits per heavy atom. The molecule has 0 atom stereocenters. The van der Waals surface area contributed by atoms with Gasteiger partial charge in [0.05, 0.1) is 5.56 Å². The lowest BCUT2D eigenvalue weighted by Crippen LogP contribution is -1.95. The van der Waals surface area contributed by atoms with Gasteiger partial charge in [-0.25, -0.2) is 4.79 Å². The van der Waals surface area contributed by atoms with E-state index in [4.69, 9.17) is 14.6 Å². The highest BCUT2D eigenvalue weighted by Crippen LogP contribution is 2.32. The molecule has 1 aromatic rings. The van der Waals surface area contributed by atoms with Crippen molar-refractivity contribution in [2.75, 3.05) is 6.79 Å². The van der Waals surface area contributed by atoms with Gasteiger partial charge in [0.1, 0.15) is 0 Å². The largest absolute Gasteiger partial charge is 0.478 e. The number of aromatic carboxylic acids is 1. The number of ether oxygens (including phenoxy) is 2. The topological polar surface area (TPSA) is 55.8 Å².